The Bertz CT molecular complexity index is 1390. The van der Waals surface area contributed by atoms with Gasteiger partial charge in [-0.2, -0.15) is 0 Å². The fourth-order valence-electron chi connectivity index (χ4n) is 4.59. The van der Waals surface area contributed by atoms with E-state index >= 15 is 0 Å². The summed E-state index contributed by atoms with van der Waals surface area (Å²) in [6.45, 7) is 0.607. The molecule has 0 aromatic heterocycles. The summed E-state index contributed by atoms with van der Waals surface area (Å²) in [5.41, 5.74) is 15.7. The number of nitrogens with zero attached hydrogens (tertiary/aromatic N) is 4. The lowest BCUT2D eigenvalue weighted by molar-refractivity contribution is -0.131. The van der Waals surface area contributed by atoms with Gasteiger partial charge in [0.25, 0.3) is 5.91 Å². The lowest BCUT2D eigenvalue weighted by Gasteiger charge is -2.31. The first-order chi connectivity index (χ1) is 20.5. The zero-order valence-electron chi connectivity index (χ0n) is 23.5. The lowest BCUT2D eigenvalue weighted by Crippen LogP contribution is -2.55. The minimum Gasteiger partial charge on any atom is -0.494 e. The number of hydrogen-bond donors (Lipinski definition) is 3. The fraction of sp³-hybridized carbons (Fsp3) is 0.333. The number of aliphatic imine (C=N–C) groups is 1. The van der Waals surface area contributed by atoms with E-state index in [9.17, 15) is 10.3 Å². The number of hydrogen-bond acceptors (Lipinski definition) is 9. The predicted molar refractivity (Wildman–Crippen MR) is 156 cm³/mol. The van der Waals surface area contributed by atoms with Crippen molar-refractivity contribution in [1.82, 2.24) is 10.9 Å². The molecule has 0 unspecified atom stereocenters. The number of azide groups is 1. The van der Waals surface area contributed by atoms with Gasteiger partial charge in [0.2, 0.25) is 5.90 Å². The van der Waals surface area contributed by atoms with Crippen molar-refractivity contribution < 1.29 is 28.8 Å². The molecule has 42 heavy (non-hydrogen) atoms. The molecule has 0 aliphatic carbocycles. The van der Waals surface area contributed by atoms with Crippen LogP contribution in [0.1, 0.15) is 29.2 Å². The molecule has 4 rings (SSSR count). The van der Waals surface area contributed by atoms with E-state index in [0.717, 1.165) is 5.56 Å². The third kappa shape index (κ3) is 7.24. The van der Waals surface area contributed by atoms with Crippen LogP contribution < -0.4 is 15.6 Å². The van der Waals surface area contributed by atoms with Crippen LogP contribution in [0, 0.1) is 0 Å². The highest BCUT2D eigenvalue weighted by Crippen LogP contribution is 2.43. The van der Waals surface area contributed by atoms with E-state index in [2.05, 4.69) is 20.9 Å². The standard InChI is InChI=1S/C30H34N6O6/c1-39-26(40-2)20-32-35-29(38)30(19-23-11-6-7-12-25(23)34-36-31)27(21-9-4-3-5-10-21)42-28(33-30)22-13-15-24(16-14-22)41-18-8-17-37/h3-7,9-16,26-27,32,37H,8,17-20H2,1-2H3,(H,35,38)/t27-,30-/m0/s1. The fourth-order valence-corrected chi connectivity index (χ4v) is 4.59. The van der Waals surface area contributed by atoms with Crippen molar-refractivity contribution in [3.05, 3.63) is 106 Å². The maximum Gasteiger partial charge on any atom is 0.266 e. The molecule has 1 aliphatic heterocycles. The van der Waals surface area contributed by atoms with E-state index in [1.165, 1.54) is 14.2 Å². The Kier molecular flexibility index (Phi) is 10.9. The van der Waals surface area contributed by atoms with Crippen molar-refractivity contribution in [2.45, 2.75) is 30.8 Å². The average Bonchev–Trinajstić information content (AvgIpc) is 3.42. The first-order valence-corrected chi connectivity index (χ1v) is 13.4. The van der Waals surface area contributed by atoms with Crippen LogP contribution in [0.25, 0.3) is 10.4 Å². The minimum absolute atomic E-state index is 0.0447. The molecule has 0 saturated heterocycles. The van der Waals surface area contributed by atoms with Crippen molar-refractivity contribution >= 4 is 17.5 Å². The first-order valence-electron chi connectivity index (χ1n) is 13.4. The molecule has 1 heterocycles. The average molecular weight is 575 g/mol. The maximum absolute atomic E-state index is 14.2. The summed E-state index contributed by atoms with van der Waals surface area (Å²) in [7, 11) is 3.00. The van der Waals surface area contributed by atoms with Crippen molar-refractivity contribution in [3.63, 3.8) is 0 Å². The summed E-state index contributed by atoms with van der Waals surface area (Å²) in [5, 5.41) is 12.9. The van der Waals surface area contributed by atoms with Crippen LogP contribution in [-0.2, 0) is 25.4 Å². The molecule has 0 spiro atoms. The number of hydrazine groups is 1. The third-order valence-corrected chi connectivity index (χ3v) is 6.73. The minimum atomic E-state index is -1.50. The summed E-state index contributed by atoms with van der Waals surface area (Å²) in [5.74, 6) is 0.443. The molecule has 3 N–H and O–H groups in total. The van der Waals surface area contributed by atoms with E-state index in [1.54, 1.807) is 42.5 Å². The Morgan fingerprint density at radius 2 is 1.81 bits per heavy atom. The molecule has 3 aromatic carbocycles. The quantitative estimate of drug-likeness (QED) is 0.0614. The Morgan fingerprint density at radius 1 is 1.10 bits per heavy atom. The molecule has 0 fully saturated rings. The van der Waals surface area contributed by atoms with Crippen molar-refractivity contribution in [2.75, 3.05) is 34.0 Å². The number of aliphatic hydroxyl groups is 1. The highest BCUT2D eigenvalue weighted by Gasteiger charge is 2.53. The van der Waals surface area contributed by atoms with Crippen molar-refractivity contribution in [1.29, 1.82) is 0 Å². The van der Waals surface area contributed by atoms with Crippen LogP contribution in [0.5, 0.6) is 5.75 Å². The second-order valence-corrected chi connectivity index (χ2v) is 9.43. The van der Waals surface area contributed by atoms with Gasteiger partial charge in [-0.25, -0.2) is 10.4 Å². The summed E-state index contributed by atoms with van der Waals surface area (Å²) in [4.78, 5) is 22.1. The molecular formula is C30H34N6O6. The number of carbonyl (C=O) groups excluding carboxylic acids is 1. The molecule has 12 nitrogen and oxygen atoms in total. The van der Waals surface area contributed by atoms with Gasteiger partial charge in [-0.15, -0.1) is 0 Å². The number of aliphatic hydroxyl groups excluding tert-OH is 1. The number of benzene rings is 3. The molecule has 3 aromatic rings. The first kappa shape index (κ1) is 30.5. The van der Waals surface area contributed by atoms with Crippen LogP contribution in [0.2, 0.25) is 0 Å². The van der Waals surface area contributed by atoms with E-state index in [-0.39, 0.29) is 25.5 Å². The molecule has 2 atom stereocenters. The SMILES string of the molecule is COC(CNNC(=O)[C@@]1(Cc2ccccc2N=[N+]=[N-])N=C(c2ccc(OCCCO)cc2)O[C@H]1c1ccccc1)OC. The number of methoxy groups -OCH3 is 2. The van der Waals surface area contributed by atoms with Crippen LogP contribution in [0.3, 0.4) is 0 Å². The third-order valence-electron chi connectivity index (χ3n) is 6.73. The van der Waals surface area contributed by atoms with Crippen LogP contribution >= 0.6 is 0 Å². The predicted octanol–water partition coefficient (Wildman–Crippen LogP) is 4.13. The summed E-state index contributed by atoms with van der Waals surface area (Å²) in [6.07, 6.45) is -0.821. The molecular weight excluding hydrogens is 540 g/mol. The van der Waals surface area contributed by atoms with Gasteiger partial charge in [-0.05, 0) is 40.9 Å². The second kappa shape index (κ2) is 15.0. The number of rotatable bonds is 15. The number of amides is 1. The van der Waals surface area contributed by atoms with Crippen LogP contribution in [-0.4, -0.2) is 62.7 Å². The Labute approximate surface area is 243 Å². The molecule has 12 heteroatoms. The van der Waals surface area contributed by atoms with Gasteiger partial charge in [-0.3, -0.25) is 10.2 Å². The summed E-state index contributed by atoms with van der Waals surface area (Å²) >= 11 is 0. The van der Waals surface area contributed by atoms with Crippen LogP contribution in [0.15, 0.2) is 89.0 Å². The van der Waals surface area contributed by atoms with E-state index in [0.29, 0.717) is 35.6 Å². The van der Waals surface area contributed by atoms with Crippen molar-refractivity contribution in [2.24, 2.45) is 10.1 Å². The summed E-state index contributed by atoms with van der Waals surface area (Å²) < 4.78 is 22.6. The van der Waals surface area contributed by atoms with Gasteiger partial charge in [0, 0.05) is 49.8 Å². The normalized spacial score (nSPS) is 17.7. The highest BCUT2D eigenvalue weighted by molar-refractivity contribution is 6.01. The van der Waals surface area contributed by atoms with Gasteiger partial charge < -0.3 is 24.1 Å². The van der Waals surface area contributed by atoms with Gasteiger partial charge in [-0.1, -0.05) is 59.7 Å². The maximum atomic E-state index is 14.2. The Morgan fingerprint density at radius 3 is 2.50 bits per heavy atom. The molecule has 220 valence electrons. The second-order valence-electron chi connectivity index (χ2n) is 9.43. The topological polar surface area (TPSA) is 159 Å². The van der Waals surface area contributed by atoms with Crippen molar-refractivity contribution in [3.8, 4) is 5.75 Å². The monoisotopic (exact) mass is 574 g/mol. The summed E-state index contributed by atoms with van der Waals surface area (Å²) in [6, 6.07) is 23.6. The molecule has 1 amide bonds. The number of carbonyl (C=O) groups is 1. The molecule has 1 aliphatic rings. The van der Waals surface area contributed by atoms with Gasteiger partial charge in [0.05, 0.1) is 13.2 Å². The number of nitrogens with one attached hydrogen (secondary N) is 2. The zero-order valence-corrected chi connectivity index (χ0v) is 23.5. The molecule has 0 saturated carbocycles. The van der Waals surface area contributed by atoms with E-state index < -0.39 is 23.8 Å². The van der Waals surface area contributed by atoms with Gasteiger partial charge >= 0.3 is 0 Å². The zero-order chi connectivity index (χ0) is 29.8. The number of ether oxygens (including phenoxy) is 4. The van der Waals surface area contributed by atoms with Crippen LogP contribution in [0.4, 0.5) is 5.69 Å². The Hall–Kier alpha value is -4.45. The molecule has 0 radical (unpaired) electrons. The van der Waals surface area contributed by atoms with E-state index in [1.807, 2.05) is 36.4 Å². The Balaban J connectivity index is 1.77. The van der Waals surface area contributed by atoms with Gasteiger partial charge in [0.15, 0.2) is 17.9 Å². The molecule has 0 bridgehead atoms. The largest absolute Gasteiger partial charge is 0.494 e. The lowest BCUT2D eigenvalue weighted by atomic mass is 9.81. The smallest absolute Gasteiger partial charge is 0.266 e. The highest BCUT2D eigenvalue weighted by atomic mass is 16.7. The van der Waals surface area contributed by atoms with Gasteiger partial charge in [0.1, 0.15) is 5.75 Å². The van der Waals surface area contributed by atoms with E-state index in [4.69, 9.17) is 29.0 Å².